The minimum atomic E-state index is -4.46. The van der Waals surface area contributed by atoms with E-state index in [-0.39, 0.29) is 39.2 Å². The van der Waals surface area contributed by atoms with Crippen molar-refractivity contribution in [3.63, 3.8) is 0 Å². The van der Waals surface area contributed by atoms with Gasteiger partial charge in [0.25, 0.3) is 14.7 Å². The number of sulfone groups is 1. The molecular formula is C30H33ClN6O11S4. The number of phenols is 1. The molecule has 0 radical (unpaired) electrons. The van der Waals surface area contributed by atoms with Gasteiger partial charge >= 0.3 is 10.2 Å². The Morgan fingerprint density at radius 1 is 0.865 bits per heavy atom. The predicted molar refractivity (Wildman–Crippen MR) is 194 cm³/mol. The Hall–Kier alpha value is -4.25. The van der Waals surface area contributed by atoms with Gasteiger partial charge in [-0.2, -0.15) is 12.7 Å². The summed E-state index contributed by atoms with van der Waals surface area (Å²) in [4.78, 5) is 9.34. The van der Waals surface area contributed by atoms with Gasteiger partial charge in [-0.1, -0.05) is 24.3 Å². The molecule has 0 aliphatic rings. The van der Waals surface area contributed by atoms with Crippen LogP contribution in [0.5, 0.6) is 5.75 Å². The first-order valence-corrected chi connectivity index (χ1v) is 21.7. The topological polar surface area (TPSA) is 252 Å². The summed E-state index contributed by atoms with van der Waals surface area (Å²) in [6.07, 6.45) is -0.149. The van der Waals surface area contributed by atoms with E-state index in [0.717, 1.165) is 28.6 Å². The smallest absolute Gasteiger partial charge is 0.301 e. The number of nitrogens with zero attached hydrogens (tertiary/aromatic N) is 4. The molecule has 0 aliphatic carbocycles. The van der Waals surface area contributed by atoms with E-state index >= 15 is 0 Å². The summed E-state index contributed by atoms with van der Waals surface area (Å²) in [5, 5.41) is 30.7. The van der Waals surface area contributed by atoms with Gasteiger partial charge in [-0.15, -0.1) is 10.2 Å². The monoisotopic (exact) mass is 816 g/mol. The molecule has 4 rings (SSSR count). The zero-order valence-corrected chi connectivity index (χ0v) is 32.1. The van der Waals surface area contributed by atoms with Crippen molar-refractivity contribution in [1.29, 1.82) is 0 Å². The number of hydrogen-bond acceptors (Lipinski definition) is 13. The second-order valence-corrected chi connectivity index (χ2v) is 20.7. The van der Waals surface area contributed by atoms with Crippen LogP contribution in [0.4, 0.5) is 22.7 Å². The van der Waals surface area contributed by atoms with E-state index in [9.17, 15) is 48.9 Å². The number of sulfonamides is 1. The van der Waals surface area contributed by atoms with Gasteiger partial charge < -0.3 is 5.11 Å². The van der Waals surface area contributed by atoms with Crippen LogP contribution in [-0.4, -0.2) is 73.4 Å². The summed E-state index contributed by atoms with van der Waals surface area (Å²) in [6.45, 7) is 4.69. The van der Waals surface area contributed by atoms with Gasteiger partial charge in [-0.25, -0.2) is 30.0 Å². The number of rotatable bonds is 13. The Bertz CT molecular complexity index is 2540. The molecule has 0 unspecified atom stereocenters. The van der Waals surface area contributed by atoms with Crippen LogP contribution in [0.15, 0.2) is 91.6 Å². The number of nitrogens with one attached hydrogen (secondary N) is 2. The van der Waals surface area contributed by atoms with E-state index < -0.39 is 76.6 Å². The van der Waals surface area contributed by atoms with Gasteiger partial charge in [0.1, 0.15) is 21.2 Å². The highest BCUT2D eigenvalue weighted by Gasteiger charge is 2.29. The zero-order chi connectivity index (χ0) is 39.0. The number of aromatic hydroxyl groups is 1. The Kier molecular flexibility index (Phi) is 11.4. The Morgan fingerprint density at radius 3 is 2.04 bits per heavy atom. The van der Waals surface area contributed by atoms with Crippen molar-refractivity contribution in [2.75, 3.05) is 24.6 Å². The predicted octanol–water partition coefficient (Wildman–Crippen LogP) is 5.11. The number of nitro benzene ring substituents is 1. The van der Waals surface area contributed by atoms with Gasteiger partial charge in [-0.05, 0) is 63.1 Å². The summed E-state index contributed by atoms with van der Waals surface area (Å²) in [7, 11) is -9.17. The minimum Gasteiger partial charge on any atom is -0.506 e. The molecule has 0 fully saturated rings. The average molecular weight is 817 g/mol. The molecule has 0 saturated heterocycles. The number of aryl methyl sites for hydroxylation is 1. The van der Waals surface area contributed by atoms with Crippen molar-refractivity contribution in [1.82, 2.24) is 9.03 Å². The molecule has 0 aliphatic heterocycles. The van der Waals surface area contributed by atoms with Crippen LogP contribution in [0.1, 0.15) is 26.3 Å². The highest BCUT2D eigenvalue weighted by Crippen LogP contribution is 2.43. The molecule has 3 N–H and O–H groups in total. The Morgan fingerprint density at radius 2 is 1.48 bits per heavy atom. The van der Waals surface area contributed by atoms with E-state index in [4.69, 9.17) is 10.7 Å². The lowest BCUT2D eigenvalue weighted by Crippen LogP contribution is -2.40. The van der Waals surface area contributed by atoms with Crippen LogP contribution in [0.2, 0.25) is 0 Å². The van der Waals surface area contributed by atoms with Crippen molar-refractivity contribution < 1.29 is 43.7 Å². The maximum absolute atomic E-state index is 13.6. The third kappa shape index (κ3) is 9.40. The van der Waals surface area contributed by atoms with Crippen molar-refractivity contribution in [3.8, 4) is 5.75 Å². The van der Waals surface area contributed by atoms with Gasteiger partial charge in [0.05, 0.1) is 26.9 Å². The lowest BCUT2D eigenvalue weighted by molar-refractivity contribution is -0.385. The quantitative estimate of drug-likeness (QED) is 0.0692. The van der Waals surface area contributed by atoms with Gasteiger partial charge in [0.15, 0.2) is 9.84 Å². The highest BCUT2D eigenvalue weighted by molar-refractivity contribution is 8.13. The zero-order valence-electron chi connectivity index (χ0n) is 28.1. The summed E-state index contributed by atoms with van der Waals surface area (Å²) in [5.74, 6) is -1.35. The molecule has 4 aromatic carbocycles. The molecule has 0 bridgehead atoms. The molecule has 17 nitrogen and oxygen atoms in total. The summed E-state index contributed by atoms with van der Waals surface area (Å²) >= 11 is 0. The van der Waals surface area contributed by atoms with E-state index in [2.05, 4.69) is 19.7 Å². The third-order valence-electron chi connectivity index (χ3n) is 7.15. The maximum atomic E-state index is 13.6. The molecule has 52 heavy (non-hydrogen) atoms. The van der Waals surface area contributed by atoms with Crippen molar-refractivity contribution >= 4 is 83.3 Å². The molecule has 0 aromatic heterocycles. The number of non-ortho nitro benzene ring substituents is 1. The van der Waals surface area contributed by atoms with Gasteiger partial charge in [-0.3, -0.25) is 14.8 Å². The first kappa shape index (κ1) is 40.5. The SMILES string of the molecule is CN(C)S(=O)(=O)Nc1cccc2c(O)c(S(=O)(=O)NC(C)(C)C)cc(N=Nc3ccc([N+](=O)[O-])cc3S(=O)(=O)CCc3ccc(S(=O)(=O)Cl)cc3)c12. The van der Waals surface area contributed by atoms with Crippen LogP contribution in [0.25, 0.3) is 10.8 Å². The summed E-state index contributed by atoms with van der Waals surface area (Å²) in [5.41, 5.74) is -2.05. The maximum Gasteiger partial charge on any atom is 0.301 e. The number of hydrogen-bond donors (Lipinski definition) is 3. The minimum absolute atomic E-state index is 0.113. The third-order valence-corrected chi connectivity index (χ3v) is 13.5. The molecule has 0 saturated carbocycles. The normalized spacial score (nSPS) is 13.2. The van der Waals surface area contributed by atoms with Crippen LogP contribution in [0.3, 0.4) is 0 Å². The fourth-order valence-corrected chi connectivity index (χ4v) is 9.12. The fourth-order valence-electron chi connectivity index (χ4n) is 4.72. The molecular weight excluding hydrogens is 784 g/mol. The lowest BCUT2D eigenvalue weighted by atomic mass is 10.1. The first-order chi connectivity index (χ1) is 23.8. The first-order valence-electron chi connectivity index (χ1n) is 14.8. The number of nitro groups is 1. The number of phenolic OH excluding ortho intramolecular Hbond substituents is 1. The molecule has 0 heterocycles. The number of halogens is 1. The van der Waals surface area contributed by atoms with Crippen LogP contribution in [-0.2, 0) is 45.5 Å². The number of benzene rings is 4. The van der Waals surface area contributed by atoms with E-state index in [0.29, 0.717) is 5.56 Å². The molecule has 22 heteroatoms. The van der Waals surface area contributed by atoms with Crippen molar-refractivity contribution in [3.05, 3.63) is 82.4 Å². The second-order valence-electron chi connectivity index (χ2n) is 12.5. The lowest BCUT2D eigenvalue weighted by Gasteiger charge is -2.22. The van der Waals surface area contributed by atoms with Gasteiger partial charge in [0, 0.05) is 53.2 Å². The summed E-state index contributed by atoms with van der Waals surface area (Å²) < 4.78 is 109. The van der Waals surface area contributed by atoms with Crippen LogP contribution in [0, 0.1) is 10.1 Å². The van der Waals surface area contributed by atoms with Gasteiger partial charge in [0.2, 0.25) is 10.0 Å². The largest absolute Gasteiger partial charge is 0.506 e. The molecule has 4 aromatic rings. The van der Waals surface area contributed by atoms with Crippen molar-refractivity contribution in [2.24, 2.45) is 10.2 Å². The second kappa shape index (κ2) is 14.6. The Labute approximate surface area is 305 Å². The molecule has 0 atom stereocenters. The van der Waals surface area contributed by atoms with E-state index in [1.807, 2.05) is 0 Å². The molecule has 280 valence electrons. The average Bonchev–Trinajstić information content (AvgIpc) is 3.02. The standard InChI is InChI=1S/C30H33ClN6O11S4/c1-30(2,3)35-51(45,46)27-18-25(28-22(29(27)38)7-6-8-24(28)34-52(47,48)36(4)5)33-32-23-14-11-20(37(39)40)17-26(23)49(41,42)16-15-19-9-12-21(13-10-19)50(31,43)44/h6-14,17-18,34-35,38H,15-16H2,1-5H3. The number of azo groups is 1. The molecule has 0 amide bonds. The highest BCUT2D eigenvalue weighted by atomic mass is 35.7. The fraction of sp³-hybridized carbons (Fsp3) is 0.267. The Balaban J connectivity index is 1.91. The molecule has 0 spiro atoms. The number of fused-ring (bicyclic) bond motifs is 1. The van der Waals surface area contributed by atoms with Crippen LogP contribution < -0.4 is 9.44 Å². The van der Waals surface area contributed by atoms with Crippen LogP contribution >= 0.6 is 10.7 Å². The van der Waals surface area contributed by atoms with Crippen molar-refractivity contribution in [2.45, 2.75) is 47.4 Å². The van der Waals surface area contributed by atoms with E-state index in [1.54, 1.807) is 20.8 Å². The summed E-state index contributed by atoms with van der Waals surface area (Å²) in [6, 6.07) is 12.8. The van der Waals surface area contributed by atoms with E-state index in [1.165, 1.54) is 56.6 Å². The number of anilines is 1.